The van der Waals surface area contributed by atoms with Crippen LogP contribution in [0.4, 0.5) is 11.6 Å². The molecule has 0 saturated carbocycles. The normalized spacial score (nSPS) is 12.8. The van der Waals surface area contributed by atoms with Crippen LogP contribution in [-0.4, -0.2) is 26.3 Å². The lowest BCUT2D eigenvalue weighted by molar-refractivity contribution is 0.789. The minimum absolute atomic E-state index is 0.388. The van der Waals surface area contributed by atoms with E-state index in [-0.39, 0.29) is 0 Å². The van der Waals surface area contributed by atoms with Crippen LogP contribution in [0.25, 0.3) is 15.9 Å². The number of nitrogens with one attached hydrogen (secondary N) is 1. The molecular formula is C23H23N7S. The number of aryl methyl sites for hydroxylation is 4. The first-order valence-corrected chi connectivity index (χ1v) is 11.3. The molecule has 5 rings (SSSR count). The molecule has 0 amide bonds. The van der Waals surface area contributed by atoms with Gasteiger partial charge in [0.15, 0.2) is 0 Å². The molecule has 31 heavy (non-hydrogen) atoms. The maximum atomic E-state index is 9.59. The maximum Gasteiger partial charge on any atom is 0.145 e. The Morgan fingerprint density at radius 1 is 1.23 bits per heavy atom. The highest BCUT2D eigenvalue weighted by Gasteiger charge is 2.22. The molecule has 1 aliphatic carbocycles. The van der Waals surface area contributed by atoms with Crippen molar-refractivity contribution in [1.82, 2.24) is 19.7 Å². The molecule has 3 aromatic heterocycles. The Balaban J connectivity index is 1.32. The second kappa shape index (κ2) is 8.00. The number of thiophene rings is 1. The molecule has 1 aliphatic rings. The average Bonchev–Trinajstić information content (AvgIpc) is 3.44. The third-order valence-corrected chi connectivity index (χ3v) is 6.85. The number of nitrogen functional groups attached to an aromatic ring is 1. The second-order valence-electron chi connectivity index (χ2n) is 7.75. The number of para-hydroxylation sites is 1. The molecule has 3 heterocycles. The highest BCUT2D eigenvalue weighted by atomic mass is 32.1. The number of aromatic nitrogens is 4. The van der Waals surface area contributed by atoms with Gasteiger partial charge in [-0.1, -0.05) is 18.2 Å². The van der Waals surface area contributed by atoms with Crippen molar-refractivity contribution in [2.75, 3.05) is 17.6 Å². The first-order chi connectivity index (χ1) is 15.2. The molecule has 1 aromatic carbocycles. The predicted molar refractivity (Wildman–Crippen MR) is 124 cm³/mol. The summed E-state index contributed by atoms with van der Waals surface area (Å²) >= 11 is 1.80. The third kappa shape index (κ3) is 3.51. The van der Waals surface area contributed by atoms with E-state index in [1.54, 1.807) is 16.0 Å². The van der Waals surface area contributed by atoms with Crippen molar-refractivity contribution < 1.29 is 0 Å². The average molecular weight is 430 g/mol. The standard InChI is InChI=1S/C23H23N7S/c1-14-27-22(20-16-9-5-11-19(16)31-23(20)28-14)26-12-6-10-18-17(13-24)21(25)30(29-18)15-7-3-2-4-8-15/h2-4,7-8H,5-6,9-12,25H2,1H3,(H,26,27,28). The second-order valence-corrected chi connectivity index (χ2v) is 8.84. The lowest BCUT2D eigenvalue weighted by Gasteiger charge is -2.08. The molecule has 0 fully saturated rings. The van der Waals surface area contributed by atoms with Gasteiger partial charge >= 0.3 is 0 Å². The van der Waals surface area contributed by atoms with Gasteiger partial charge in [-0.25, -0.2) is 14.6 Å². The van der Waals surface area contributed by atoms with Crippen molar-refractivity contribution in [1.29, 1.82) is 5.26 Å². The molecule has 3 N–H and O–H groups in total. The van der Waals surface area contributed by atoms with Crippen LogP contribution < -0.4 is 11.1 Å². The zero-order valence-electron chi connectivity index (χ0n) is 17.4. The van der Waals surface area contributed by atoms with Crippen LogP contribution in [0.5, 0.6) is 0 Å². The fourth-order valence-electron chi connectivity index (χ4n) is 4.23. The van der Waals surface area contributed by atoms with Gasteiger partial charge in [-0.05, 0) is 56.7 Å². The summed E-state index contributed by atoms with van der Waals surface area (Å²) in [6, 6.07) is 11.9. The summed E-state index contributed by atoms with van der Waals surface area (Å²) in [7, 11) is 0. The quantitative estimate of drug-likeness (QED) is 0.446. The molecule has 0 spiro atoms. The molecule has 0 aliphatic heterocycles. The molecule has 0 atom stereocenters. The molecule has 0 unspecified atom stereocenters. The first-order valence-electron chi connectivity index (χ1n) is 10.5. The smallest absolute Gasteiger partial charge is 0.145 e. The Morgan fingerprint density at radius 3 is 2.87 bits per heavy atom. The van der Waals surface area contributed by atoms with Crippen molar-refractivity contribution in [2.24, 2.45) is 0 Å². The Labute approximate surface area is 184 Å². The van der Waals surface area contributed by atoms with Crippen LogP contribution in [0.2, 0.25) is 0 Å². The minimum atomic E-state index is 0.388. The summed E-state index contributed by atoms with van der Waals surface area (Å²) in [5, 5.41) is 18.9. The van der Waals surface area contributed by atoms with Gasteiger partial charge in [0, 0.05) is 11.4 Å². The monoisotopic (exact) mass is 429 g/mol. The number of hydrogen-bond acceptors (Lipinski definition) is 7. The van der Waals surface area contributed by atoms with Gasteiger partial charge in [-0.15, -0.1) is 11.3 Å². The summed E-state index contributed by atoms with van der Waals surface area (Å²) in [6.45, 7) is 2.67. The van der Waals surface area contributed by atoms with E-state index in [0.717, 1.165) is 53.7 Å². The zero-order valence-corrected chi connectivity index (χ0v) is 18.2. The highest BCUT2D eigenvalue weighted by Crippen LogP contribution is 2.39. The van der Waals surface area contributed by atoms with Gasteiger partial charge in [0.1, 0.15) is 33.9 Å². The van der Waals surface area contributed by atoms with Crippen LogP contribution in [0.1, 0.15) is 40.4 Å². The van der Waals surface area contributed by atoms with E-state index >= 15 is 0 Å². The highest BCUT2D eigenvalue weighted by molar-refractivity contribution is 7.19. The molecule has 7 nitrogen and oxygen atoms in total. The summed E-state index contributed by atoms with van der Waals surface area (Å²) in [4.78, 5) is 11.9. The topological polar surface area (TPSA) is 105 Å². The summed E-state index contributed by atoms with van der Waals surface area (Å²) < 4.78 is 1.65. The van der Waals surface area contributed by atoms with Crippen LogP contribution in [0.3, 0.4) is 0 Å². The van der Waals surface area contributed by atoms with E-state index in [1.165, 1.54) is 22.2 Å². The van der Waals surface area contributed by atoms with Gasteiger partial charge in [-0.2, -0.15) is 10.4 Å². The lowest BCUT2D eigenvalue weighted by Crippen LogP contribution is -2.07. The molecule has 0 bridgehead atoms. The van der Waals surface area contributed by atoms with Crippen molar-refractivity contribution in [2.45, 2.75) is 39.0 Å². The number of anilines is 2. The third-order valence-electron chi connectivity index (χ3n) is 5.67. The fraction of sp³-hybridized carbons (Fsp3) is 0.304. The number of nitriles is 1. The fourth-order valence-corrected chi connectivity index (χ4v) is 5.54. The zero-order chi connectivity index (χ0) is 21.4. The Bertz CT molecular complexity index is 1300. The van der Waals surface area contributed by atoms with Crippen LogP contribution in [-0.2, 0) is 19.3 Å². The van der Waals surface area contributed by atoms with Crippen molar-refractivity contribution >= 4 is 33.2 Å². The van der Waals surface area contributed by atoms with E-state index < -0.39 is 0 Å². The first kappa shape index (κ1) is 19.5. The van der Waals surface area contributed by atoms with Gasteiger partial charge in [0.25, 0.3) is 0 Å². The lowest BCUT2D eigenvalue weighted by atomic mass is 10.1. The number of benzene rings is 1. The summed E-state index contributed by atoms with van der Waals surface area (Å²) in [5.41, 5.74) is 9.67. The van der Waals surface area contributed by atoms with E-state index in [2.05, 4.69) is 26.5 Å². The Kier molecular flexibility index (Phi) is 5.04. The van der Waals surface area contributed by atoms with Gasteiger partial charge in [0.05, 0.1) is 16.8 Å². The maximum absolute atomic E-state index is 9.59. The number of nitrogens with two attached hydrogens (primary N) is 1. The van der Waals surface area contributed by atoms with Gasteiger partial charge in [0.2, 0.25) is 0 Å². The summed E-state index contributed by atoms with van der Waals surface area (Å²) in [5.74, 6) is 2.10. The Hall–Kier alpha value is -3.44. The number of hydrogen-bond donors (Lipinski definition) is 2. The van der Waals surface area contributed by atoms with Crippen LogP contribution in [0, 0.1) is 18.3 Å². The number of nitrogens with zero attached hydrogens (tertiary/aromatic N) is 5. The molecule has 4 aromatic rings. The number of fused-ring (bicyclic) bond motifs is 3. The van der Waals surface area contributed by atoms with Gasteiger partial charge < -0.3 is 11.1 Å². The van der Waals surface area contributed by atoms with Gasteiger partial charge in [-0.3, -0.25) is 0 Å². The Morgan fingerprint density at radius 2 is 2.06 bits per heavy atom. The van der Waals surface area contributed by atoms with Crippen LogP contribution >= 0.6 is 11.3 Å². The minimum Gasteiger partial charge on any atom is -0.382 e. The van der Waals surface area contributed by atoms with Crippen LogP contribution in [0.15, 0.2) is 30.3 Å². The van der Waals surface area contributed by atoms with E-state index in [1.807, 2.05) is 37.3 Å². The summed E-state index contributed by atoms with van der Waals surface area (Å²) in [6.07, 6.45) is 4.95. The predicted octanol–water partition coefficient (Wildman–Crippen LogP) is 4.17. The van der Waals surface area contributed by atoms with Crippen molar-refractivity contribution in [3.05, 3.63) is 57.9 Å². The van der Waals surface area contributed by atoms with Crippen molar-refractivity contribution in [3.8, 4) is 11.8 Å². The van der Waals surface area contributed by atoms with E-state index in [9.17, 15) is 5.26 Å². The molecule has 8 heteroatoms. The molecule has 156 valence electrons. The molecule has 0 radical (unpaired) electrons. The van der Waals surface area contributed by atoms with E-state index in [4.69, 9.17) is 5.73 Å². The van der Waals surface area contributed by atoms with Crippen molar-refractivity contribution in [3.63, 3.8) is 0 Å². The largest absolute Gasteiger partial charge is 0.382 e. The SMILES string of the molecule is Cc1nc(NCCCc2nn(-c3ccccc3)c(N)c2C#N)c2c3c(sc2n1)CCC3. The molecular weight excluding hydrogens is 406 g/mol. The molecule has 0 saturated heterocycles. The van der Waals surface area contributed by atoms with E-state index in [0.29, 0.717) is 17.8 Å². The number of rotatable bonds is 6.